The van der Waals surface area contributed by atoms with Crippen LogP contribution in [0.4, 0.5) is 0 Å². The van der Waals surface area contributed by atoms with Gasteiger partial charge in [-0.15, -0.1) is 11.8 Å². The number of likely N-dealkylation sites (N-methyl/N-ethyl adjacent to an activating group) is 1. The molecule has 1 unspecified atom stereocenters. The number of thioether (sulfide) groups is 1. The summed E-state index contributed by atoms with van der Waals surface area (Å²) in [6, 6.07) is 0. The summed E-state index contributed by atoms with van der Waals surface area (Å²) in [6.07, 6.45) is 1.87. The van der Waals surface area contributed by atoms with Crippen LogP contribution in [0, 0.1) is 0 Å². The van der Waals surface area contributed by atoms with Gasteiger partial charge in [0.2, 0.25) is 0 Å². The maximum atomic E-state index is 9.74. The zero-order chi connectivity index (χ0) is 11.0. The Morgan fingerprint density at radius 1 is 1.43 bits per heavy atom. The lowest BCUT2D eigenvalue weighted by molar-refractivity contribution is 0.137. The van der Waals surface area contributed by atoms with Gasteiger partial charge in [-0.3, -0.25) is 0 Å². The van der Waals surface area contributed by atoms with Gasteiger partial charge >= 0.3 is 0 Å². The molecule has 0 fully saturated rings. The van der Waals surface area contributed by atoms with Gasteiger partial charge in [0.25, 0.3) is 0 Å². The maximum absolute atomic E-state index is 9.74. The Balaban J connectivity index is 3.68. The first-order valence-electron chi connectivity index (χ1n) is 5.30. The van der Waals surface area contributed by atoms with Crippen LogP contribution in [0.25, 0.3) is 0 Å². The fourth-order valence-corrected chi connectivity index (χ4v) is 1.87. The van der Waals surface area contributed by atoms with Crippen LogP contribution in [0.1, 0.15) is 27.7 Å². The molecular formula is C11H23NOS. The number of hydrogen-bond acceptors (Lipinski definition) is 3. The lowest BCUT2D eigenvalue weighted by Crippen LogP contribution is -2.33. The SMILES string of the molecule is CC=C(C)SCC(O)CN(CC)CC. The minimum atomic E-state index is -0.213. The predicted molar refractivity (Wildman–Crippen MR) is 65.7 cm³/mol. The summed E-state index contributed by atoms with van der Waals surface area (Å²) in [7, 11) is 0. The van der Waals surface area contributed by atoms with Crippen LogP contribution >= 0.6 is 11.8 Å². The molecule has 0 aromatic carbocycles. The van der Waals surface area contributed by atoms with E-state index in [0.717, 1.165) is 25.4 Å². The molecule has 0 saturated heterocycles. The Labute approximate surface area is 92.4 Å². The first-order valence-corrected chi connectivity index (χ1v) is 6.28. The lowest BCUT2D eigenvalue weighted by atomic mass is 10.3. The van der Waals surface area contributed by atoms with Crippen molar-refractivity contribution in [1.82, 2.24) is 4.90 Å². The van der Waals surface area contributed by atoms with Gasteiger partial charge in [-0.2, -0.15) is 0 Å². The van der Waals surface area contributed by atoms with E-state index in [0.29, 0.717) is 0 Å². The summed E-state index contributed by atoms with van der Waals surface area (Å²) >= 11 is 1.73. The maximum Gasteiger partial charge on any atom is 0.0760 e. The Morgan fingerprint density at radius 3 is 2.43 bits per heavy atom. The van der Waals surface area contributed by atoms with Crippen molar-refractivity contribution in [3.05, 3.63) is 11.0 Å². The minimum absolute atomic E-state index is 0.213. The standard InChI is InChI=1S/C11H23NOS/c1-5-10(4)14-9-11(13)8-12(6-2)7-3/h5,11,13H,6-9H2,1-4H3. The molecule has 1 N–H and O–H groups in total. The highest BCUT2D eigenvalue weighted by Gasteiger charge is 2.08. The van der Waals surface area contributed by atoms with Crippen molar-refractivity contribution in [1.29, 1.82) is 0 Å². The van der Waals surface area contributed by atoms with E-state index in [1.54, 1.807) is 11.8 Å². The molecule has 0 amide bonds. The Kier molecular flexibility index (Phi) is 8.34. The number of rotatable bonds is 7. The van der Waals surface area contributed by atoms with Crippen LogP contribution in [-0.4, -0.2) is 41.5 Å². The highest BCUT2D eigenvalue weighted by atomic mass is 32.2. The number of allylic oxidation sites excluding steroid dienone is 2. The second-order valence-electron chi connectivity index (χ2n) is 3.35. The summed E-state index contributed by atoms with van der Waals surface area (Å²) in [5.41, 5.74) is 0. The molecule has 0 aromatic heterocycles. The van der Waals surface area contributed by atoms with E-state index >= 15 is 0 Å². The second kappa shape index (κ2) is 8.33. The van der Waals surface area contributed by atoms with Gasteiger partial charge in [-0.25, -0.2) is 0 Å². The highest BCUT2D eigenvalue weighted by molar-refractivity contribution is 8.03. The third-order valence-electron chi connectivity index (χ3n) is 2.27. The second-order valence-corrected chi connectivity index (χ2v) is 4.62. The van der Waals surface area contributed by atoms with Crippen molar-refractivity contribution in [2.24, 2.45) is 0 Å². The van der Waals surface area contributed by atoms with E-state index in [9.17, 15) is 5.11 Å². The van der Waals surface area contributed by atoms with Crippen LogP contribution in [0.2, 0.25) is 0 Å². The molecule has 0 aliphatic heterocycles. The van der Waals surface area contributed by atoms with Gasteiger partial charge in [-0.05, 0) is 31.8 Å². The van der Waals surface area contributed by atoms with Crippen molar-refractivity contribution in [3.8, 4) is 0 Å². The first kappa shape index (κ1) is 14.0. The molecule has 0 spiro atoms. The molecule has 14 heavy (non-hydrogen) atoms. The van der Waals surface area contributed by atoms with Crippen molar-refractivity contribution in [3.63, 3.8) is 0 Å². The van der Waals surface area contributed by atoms with Crippen molar-refractivity contribution >= 4 is 11.8 Å². The number of aliphatic hydroxyl groups excluding tert-OH is 1. The van der Waals surface area contributed by atoms with Crippen molar-refractivity contribution in [2.45, 2.75) is 33.8 Å². The molecule has 0 aromatic rings. The van der Waals surface area contributed by atoms with Gasteiger partial charge < -0.3 is 10.0 Å². The summed E-state index contributed by atoms with van der Waals surface area (Å²) in [5.74, 6) is 0.798. The highest BCUT2D eigenvalue weighted by Crippen LogP contribution is 2.15. The smallest absolute Gasteiger partial charge is 0.0760 e. The summed E-state index contributed by atoms with van der Waals surface area (Å²) in [6.45, 7) is 11.2. The third kappa shape index (κ3) is 6.46. The first-order chi connectivity index (χ1) is 6.63. The summed E-state index contributed by atoms with van der Waals surface area (Å²) in [5, 5.41) is 9.74. The zero-order valence-corrected chi connectivity index (χ0v) is 10.6. The monoisotopic (exact) mass is 217 g/mol. The van der Waals surface area contributed by atoms with Gasteiger partial charge in [0.05, 0.1) is 6.10 Å². The molecule has 84 valence electrons. The molecule has 0 aliphatic rings. The van der Waals surface area contributed by atoms with Crippen molar-refractivity contribution in [2.75, 3.05) is 25.4 Å². The fraction of sp³-hybridized carbons (Fsp3) is 0.818. The third-order valence-corrected chi connectivity index (χ3v) is 3.52. The van der Waals surface area contributed by atoms with E-state index in [1.807, 2.05) is 6.92 Å². The molecule has 3 heteroatoms. The van der Waals surface area contributed by atoms with Gasteiger partial charge in [-0.1, -0.05) is 19.9 Å². The van der Waals surface area contributed by atoms with Gasteiger partial charge in [0.1, 0.15) is 0 Å². The van der Waals surface area contributed by atoms with Crippen LogP contribution in [0.5, 0.6) is 0 Å². The zero-order valence-electron chi connectivity index (χ0n) is 9.79. The quantitative estimate of drug-likeness (QED) is 0.708. The largest absolute Gasteiger partial charge is 0.391 e. The molecule has 2 nitrogen and oxygen atoms in total. The average Bonchev–Trinajstić information content (AvgIpc) is 2.22. The molecule has 0 saturated carbocycles. The molecule has 0 aliphatic carbocycles. The van der Waals surface area contributed by atoms with Crippen LogP contribution in [0.3, 0.4) is 0 Å². The van der Waals surface area contributed by atoms with E-state index < -0.39 is 0 Å². The number of nitrogens with zero attached hydrogens (tertiary/aromatic N) is 1. The van der Waals surface area contributed by atoms with E-state index in [-0.39, 0.29) is 6.10 Å². The predicted octanol–water partition coefficient (Wildman–Crippen LogP) is 2.35. The lowest BCUT2D eigenvalue weighted by Gasteiger charge is -2.21. The van der Waals surface area contributed by atoms with E-state index in [4.69, 9.17) is 0 Å². The molecular weight excluding hydrogens is 194 g/mol. The summed E-state index contributed by atoms with van der Waals surface area (Å²) in [4.78, 5) is 3.53. The summed E-state index contributed by atoms with van der Waals surface area (Å²) < 4.78 is 0. The number of aliphatic hydroxyl groups is 1. The molecule has 0 heterocycles. The molecule has 0 rings (SSSR count). The van der Waals surface area contributed by atoms with Crippen molar-refractivity contribution < 1.29 is 5.11 Å². The molecule has 0 radical (unpaired) electrons. The molecule has 0 bridgehead atoms. The fourth-order valence-electron chi connectivity index (χ4n) is 1.14. The van der Waals surface area contributed by atoms with Gasteiger partial charge in [0, 0.05) is 12.3 Å². The Hall–Kier alpha value is 0.01000. The minimum Gasteiger partial charge on any atom is -0.391 e. The average molecular weight is 217 g/mol. The van der Waals surface area contributed by atoms with Crippen LogP contribution in [-0.2, 0) is 0 Å². The van der Waals surface area contributed by atoms with E-state index in [1.165, 1.54) is 4.91 Å². The molecule has 1 atom stereocenters. The van der Waals surface area contributed by atoms with E-state index in [2.05, 4.69) is 31.7 Å². The Bertz CT molecular complexity index is 167. The van der Waals surface area contributed by atoms with Crippen LogP contribution < -0.4 is 0 Å². The van der Waals surface area contributed by atoms with Crippen LogP contribution in [0.15, 0.2) is 11.0 Å². The number of hydrogen-bond donors (Lipinski definition) is 1. The normalized spacial score (nSPS) is 14.9. The topological polar surface area (TPSA) is 23.5 Å². The van der Waals surface area contributed by atoms with Gasteiger partial charge in [0.15, 0.2) is 0 Å². The Morgan fingerprint density at radius 2 is 2.00 bits per heavy atom.